The fourth-order valence-corrected chi connectivity index (χ4v) is 2.92. The van der Waals surface area contributed by atoms with Crippen molar-refractivity contribution in [3.63, 3.8) is 0 Å². The third kappa shape index (κ3) is 7.16. The van der Waals surface area contributed by atoms with Crippen LogP contribution in [0.5, 0.6) is 11.5 Å². The molecule has 9 heteroatoms. The zero-order chi connectivity index (χ0) is 23.7. The van der Waals surface area contributed by atoms with E-state index >= 15 is 0 Å². The van der Waals surface area contributed by atoms with Crippen molar-refractivity contribution >= 4 is 40.8 Å². The number of nitrogens with one attached hydrogen (secondary N) is 2. The van der Waals surface area contributed by atoms with E-state index in [0.29, 0.717) is 36.1 Å². The van der Waals surface area contributed by atoms with Crippen molar-refractivity contribution in [2.45, 2.75) is 40.2 Å². The van der Waals surface area contributed by atoms with Crippen LogP contribution in [-0.2, 0) is 14.3 Å². The summed E-state index contributed by atoms with van der Waals surface area (Å²) in [6.45, 7) is 7.44. The lowest BCUT2D eigenvalue weighted by molar-refractivity contribution is -0.123. The molecule has 2 N–H and O–H groups in total. The van der Waals surface area contributed by atoms with Crippen LogP contribution >= 0.6 is 11.6 Å². The van der Waals surface area contributed by atoms with E-state index in [1.54, 1.807) is 31.2 Å². The zero-order valence-corrected chi connectivity index (χ0v) is 19.2. The third-order valence-electron chi connectivity index (χ3n) is 4.12. The number of carbonyl (C=O) groups excluding carboxylic acids is 3. The standard InChI is InChI=1S/C23H27ClN2O6/c1-5-11-31-21-19(24)12-16(13-20(21)30-6-2)23(29)32-14(3)22(28)26-18-9-7-17(8-10-18)25-15(4)27/h7-10,12-14H,5-6,11H2,1-4H3,(H,25,27)(H,26,28). The highest BCUT2D eigenvalue weighted by Gasteiger charge is 2.22. The number of amides is 2. The van der Waals surface area contributed by atoms with Crippen LogP contribution in [0, 0.1) is 0 Å². The van der Waals surface area contributed by atoms with Crippen LogP contribution in [0.15, 0.2) is 36.4 Å². The second-order valence-corrected chi connectivity index (χ2v) is 7.27. The van der Waals surface area contributed by atoms with E-state index in [9.17, 15) is 14.4 Å². The Kier molecular flexibility index (Phi) is 9.34. The summed E-state index contributed by atoms with van der Waals surface area (Å²) in [6, 6.07) is 9.44. The van der Waals surface area contributed by atoms with Crippen LogP contribution in [0.4, 0.5) is 11.4 Å². The van der Waals surface area contributed by atoms with Gasteiger partial charge in [0.25, 0.3) is 5.91 Å². The third-order valence-corrected chi connectivity index (χ3v) is 4.40. The zero-order valence-electron chi connectivity index (χ0n) is 18.5. The largest absolute Gasteiger partial charge is 0.490 e. The lowest BCUT2D eigenvalue weighted by Gasteiger charge is -2.16. The molecule has 0 spiro atoms. The van der Waals surface area contributed by atoms with Gasteiger partial charge in [0.05, 0.1) is 23.8 Å². The van der Waals surface area contributed by atoms with Gasteiger partial charge in [0.2, 0.25) is 5.91 Å². The summed E-state index contributed by atoms with van der Waals surface area (Å²) in [6.07, 6.45) is -0.281. The Bertz CT molecular complexity index is 962. The highest BCUT2D eigenvalue weighted by molar-refractivity contribution is 6.32. The van der Waals surface area contributed by atoms with E-state index in [0.717, 1.165) is 6.42 Å². The highest BCUT2D eigenvalue weighted by Crippen LogP contribution is 2.37. The van der Waals surface area contributed by atoms with Crippen LogP contribution in [0.1, 0.15) is 44.5 Å². The van der Waals surface area contributed by atoms with Crippen molar-refractivity contribution < 1.29 is 28.6 Å². The molecular formula is C23H27ClN2O6. The number of hydrogen-bond donors (Lipinski definition) is 2. The molecule has 32 heavy (non-hydrogen) atoms. The molecule has 2 rings (SSSR count). The first-order valence-corrected chi connectivity index (χ1v) is 10.6. The van der Waals surface area contributed by atoms with E-state index in [1.165, 1.54) is 26.0 Å². The summed E-state index contributed by atoms with van der Waals surface area (Å²) in [7, 11) is 0. The maximum Gasteiger partial charge on any atom is 0.339 e. The smallest absolute Gasteiger partial charge is 0.339 e. The molecule has 8 nitrogen and oxygen atoms in total. The molecule has 0 saturated carbocycles. The molecule has 2 amide bonds. The van der Waals surface area contributed by atoms with E-state index in [1.807, 2.05) is 6.92 Å². The molecule has 1 atom stereocenters. The lowest BCUT2D eigenvalue weighted by Crippen LogP contribution is -2.30. The summed E-state index contributed by atoms with van der Waals surface area (Å²) in [4.78, 5) is 36.1. The van der Waals surface area contributed by atoms with Gasteiger partial charge in [-0.25, -0.2) is 4.79 Å². The normalized spacial score (nSPS) is 11.3. The SMILES string of the molecule is CCCOc1c(Cl)cc(C(=O)OC(C)C(=O)Nc2ccc(NC(C)=O)cc2)cc1OCC. The molecule has 0 bridgehead atoms. The molecule has 2 aromatic carbocycles. The van der Waals surface area contributed by atoms with Gasteiger partial charge in [-0.3, -0.25) is 9.59 Å². The Morgan fingerprint density at radius 3 is 2.19 bits per heavy atom. The van der Waals surface area contributed by atoms with Gasteiger partial charge < -0.3 is 24.8 Å². The predicted molar refractivity (Wildman–Crippen MR) is 123 cm³/mol. The number of carbonyl (C=O) groups is 3. The van der Waals surface area contributed by atoms with Crippen molar-refractivity contribution in [3.8, 4) is 11.5 Å². The summed E-state index contributed by atoms with van der Waals surface area (Å²) in [5, 5.41) is 5.50. The molecule has 0 aliphatic heterocycles. The maximum atomic E-state index is 12.6. The topological polar surface area (TPSA) is 103 Å². The first kappa shape index (κ1) is 25.0. The molecule has 2 aromatic rings. The Hall–Kier alpha value is -3.26. The van der Waals surface area contributed by atoms with Gasteiger partial charge in [0.1, 0.15) is 0 Å². The van der Waals surface area contributed by atoms with Crippen LogP contribution < -0.4 is 20.1 Å². The average molecular weight is 463 g/mol. The van der Waals surface area contributed by atoms with Crippen molar-refractivity contribution in [3.05, 3.63) is 47.0 Å². The maximum absolute atomic E-state index is 12.6. The molecule has 172 valence electrons. The van der Waals surface area contributed by atoms with E-state index < -0.39 is 18.0 Å². The molecule has 0 aliphatic rings. The number of hydrogen-bond acceptors (Lipinski definition) is 6. The summed E-state index contributed by atoms with van der Waals surface area (Å²) >= 11 is 6.28. The highest BCUT2D eigenvalue weighted by atomic mass is 35.5. The van der Waals surface area contributed by atoms with Gasteiger partial charge in [0.15, 0.2) is 17.6 Å². The van der Waals surface area contributed by atoms with Gasteiger partial charge in [0, 0.05) is 18.3 Å². The van der Waals surface area contributed by atoms with E-state index in [-0.39, 0.29) is 16.5 Å². The number of esters is 1. The van der Waals surface area contributed by atoms with Gasteiger partial charge in [-0.1, -0.05) is 18.5 Å². The van der Waals surface area contributed by atoms with Crippen molar-refractivity contribution in [1.82, 2.24) is 0 Å². The number of rotatable bonds is 10. The number of ether oxygens (including phenoxy) is 3. The molecular weight excluding hydrogens is 436 g/mol. The molecule has 0 aromatic heterocycles. The van der Waals surface area contributed by atoms with Crippen molar-refractivity contribution in [1.29, 1.82) is 0 Å². The number of anilines is 2. The van der Waals surface area contributed by atoms with Crippen molar-refractivity contribution in [2.75, 3.05) is 23.8 Å². The minimum absolute atomic E-state index is 0.140. The first-order valence-electron chi connectivity index (χ1n) is 10.2. The minimum atomic E-state index is -1.07. The van der Waals surface area contributed by atoms with Crippen LogP contribution in [-0.4, -0.2) is 37.1 Å². The summed E-state index contributed by atoms with van der Waals surface area (Å²) in [5.41, 5.74) is 1.23. The van der Waals surface area contributed by atoms with Gasteiger partial charge in [-0.05, 0) is 56.7 Å². The molecule has 0 radical (unpaired) electrons. The molecule has 0 heterocycles. The summed E-state index contributed by atoms with van der Waals surface area (Å²) in [5.74, 6) is -0.736. The Balaban J connectivity index is 2.05. The lowest BCUT2D eigenvalue weighted by atomic mass is 10.2. The molecule has 0 aliphatic carbocycles. The van der Waals surface area contributed by atoms with Gasteiger partial charge in [-0.15, -0.1) is 0 Å². The Morgan fingerprint density at radius 2 is 1.62 bits per heavy atom. The van der Waals surface area contributed by atoms with E-state index in [4.69, 9.17) is 25.8 Å². The van der Waals surface area contributed by atoms with Crippen molar-refractivity contribution in [2.24, 2.45) is 0 Å². The molecule has 1 unspecified atom stereocenters. The Morgan fingerprint density at radius 1 is 1.00 bits per heavy atom. The monoisotopic (exact) mass is 462 g/mol. The second kappa shape index (κ2) is 12.0. The van der Waals surface area contributed by atoms with Gasteiger partial charge >= 0.3 is 5.97 Å². The fraction of sp³-hybridized carbons (Fsp3) is 0.348. The minimum Gasteiger partial charge on any atom is -0.490 e. The molecule has 0 fully saturated rings. The van der Waals surface area contributed by atoms with E-state index in [2.05, 4.69) is 10.6 Å². The predicted octanol–water partition coefficient (Wildman–Crippen LogP) is 4.67. The average Bonchev–Trinajstić information content (AvgIpc) is 2.74. The second-order valence-electron chi connectivity index (χ2n) is 6.86. The number of benzene rings is 2. The fourth-order valence-electron chi connectivity index (χ4n) is 2.66. The first-order chi connectivity index (χ1) is 15.2. The Labute approximate surface area is 192 Å². The van der Waals surface area contributed by atoms with Crippen LogP contribution in [0.2, 0.25) is 5.02 Å². The van der Waals surface area contributed by atoms with Crippen LogP contribution in [0.25, 0.3) is 0 Å². The molecule has 0 saturated heterocycles. The summed E-state index contributed by atoms with van der Waals surface area (Å²) < 4.78 is 16.5. The quantitative estimate of drug-likeness (QED) is 0.497. The van der Waals surface area contributed by atoms with Gasteiger partial charge in [-0.2, -0.15) is 0 Å². The number of halogens is 1. The van der Waals surface area contributed by atoms with Crippen LogP contribution in [0.3, 0.4) is 0 Å².